The summed E-state index contributed by atoms with van der Waals surface area (Å²) in [5, 5.41) is 3.38. The number of rotatable bonds is 16. The number of nitrogens with zero attached hydrogens (tertiary/aromatic N) is 1. The summed E-state index contributed by atoms with van der Waals surface area (Å²) >= 11 is 6.24. The SMILES string of the molecule is CC(C)[C@H](CCCC(=O)[C@H]1CCC(C(=O)[C@H](Cc2cccc(Cl)c2)NC(=O)c2ccccn2)C[C@H](OCc2ccccc2)C1)C(=O)C(F)(F)F. The monoisotopic (exact) mass is 712 g/mol. The van der Waals surface area contributed by atoms with E-state index in [0.29, 0.717) is 30.7 Å². The van der Waals surface area contributed by atoms with Crippen molar-refractivity contribution in [3.05, 3.63) is 101 Å². The minimum atomic E-state index is -4.92. The van der Waals surface area contributed by atoms with Crippen molar-refractivity contribution in [2.45, 2.75) is 90.1 Å². The van der Waals surface area contributed by atoms with Crippen molar-refractivity contribution in [3.63, 3.8) is 0 Å². The fourth-order valence-corrected chi connectivity index (χ4v) is 6.87. The highest BCUT2D eigenvalue weighted by Crippen LogP contribution is 2.34. The van der Waals surface area contributed by atoms with Gasteiger partial charge in [-0.2, -0.15) is 13.2 Å². The van der Waals surface area contributed by atoms with Crippen LogP contribution in [0.25, 0.3) is 0 Å². The summed E-state index contributed by atoms with van der Waals surface area (Å²) in [5.74, 6) is -5.30. The van der Waals surface area contributed by atoms with Crippen LogP contribution in [0, 0.1) is 23.7 Å². The first-order valence-corrected chi connectivity index (χ1v) is 17.5. The van der Waals surface area contributed by atoms with E-state index in [2.05, 4.69) is 10.3 Å². The molecule has 0 saturated heterocycles. The highest BCUT2D eigenvalue weighted by atomic mass is 35.5. The Morgan fingerprint density at radius 1 is 0.920 bits per heavy atom. The Bertz CT molecular complexity index is 1590. The van der Waals surface area contributed by atoms with Gasteiger partial charge in [0.15, 0.2) is 5.78 Å². The molecular weight excluding hydrogens is 669 g/mol. The third-order valence-corrected chi connectivity index (χ3v) is 9.61. The van der Waals surface area contributed by atoms with Gasteiger partial charge in [-0.1, -0.05) is 74.0 Å². The lowest BCUT2D eigenvalue weighted by atomic mass is 9.84. The number of pyridine rings is 1. The first kappa shape index (κ1) is 38.9. The molecule has 4 rings (SSSR count). The summed E-state index contributed by atoms with van der Waals surface area (Å²) in [5.41, 5.74) is 1.86. The van der Waals surface area contributed by atoms with Crippen LogP contribution in [0.4, 0.5) is 13.2 Å². The summed E-state index contributed by atoms with van der Waals surface area (Å²) in [7, 11) is 0. The van der Waals surface area contributed by atoms with Gasteiger partial charge >= 0.3 is 6.18 Å². The molecular formula is C39H44ClF3N2O5. The third-order valence-electron chi connectivity index (χ3n) is 9.38. The van der Waals surface area contributed by atoms with Crippen LogP contribution in [-0.4, -0.2) is 46.6 Å². The molecule has 0 bridgehead atoms. The van der Waals surface area contributed by atoms with E-state index in [1.54, 1.807) is 50.2 Å². The van der Waals surface area contributed by atoms with Crippen LogP contribution in [0.5, 0.6) is 0 Å². The maximum Gasteiger partial charge on any atom is 0.450 e. The topological polar surface area (TPSA) is 102 Å². The van der Waals surface area contributed by atoms with Gasteiger partial charge in [0.25, 0.3) is 5.91 Å². The smallest absolute Gasteiger partial charge is 0.373 e. The lowest BCUT2D eigenvalue weighted by Gasteiger charge is -2.25. The number of carbonyl (C=O) groups excluding carboxylic acids is 4. The Morgan fingerprint density at radius 3 is 2.26 bits per heavy atom. The number of carbonyl (C=O) groups is 4. The minimum absolute atomic E-state index is 0.0283. The summed E-state index contributed by atoms with van der Waals surface area (Å²) in [6.45, 7) is 3.42. The van der Waals surface area contributed by atoms with E-state index in [1.165, 1.54) is 6.20 Å². The van der Waals surface area contributed by atoms with Crippen LogP contribution in [0.2, 0.25) is 5.02 Å². The zero-order valence-electron chi connectivity index (χ0n) is 28.3. The molecule has 11 heteroatoms. The van der Waals surface area contributed by atoms with E-state index in [9.17, 15) is 32.3 Å². The Balaban J connectivity index is 1.51. The number of benzene rings is 2. The molecule has 1 heterocycles. The van der Waals surface area contributed by atoms with Crippen LogP contribution in [0.3, 0.4) is 0 Å². The number of aromatic nitrogens is 1. The van der Waals surface area contributed by atoms with E-state index in [1.807, 2.05) is 36.4 Å². The first-order chi connectivity index (χ1) is 23.8. The zero-order chi connectivity index (χ0) is 36.3. The summed E-state index contributed by atoms with van der Waals surface area (Å²) < 4.78 is 45.9. The predicted octanol–water partition coefficient (Wildman–Crippen LogP) is 8.18. The number of alkyl halides is 3. The number of amides is 1. The number of hydrogen-bond donors (Lipinski definition) is 1. The molecule has 1 aliphatic rings. The van der Waals surface area contributed by atoms with Gasteiger partial charge in [-0.05, 0) is 86.3 Å². The Labute approximate surface area is 296 Å². The van der Waals surface area contributed by atoms with Gasteiger partial charge in [-0.15, -0.1) is 0 Å². The van der Waals surface area contributed by atoms with E-state index in [4.69, 9.17) is 16.3 Å². The molecule has 2 aromatic carbocycles. The molecule has 1 aromatic heterocycles. The van der Waals surface area contributed by atoms with Crippen molar-refractivity contribution >= 4 is 34.9 Å². The molecule has 1 unspecified atom stereocenters. The predicted molar refractivity (Wildman–Crippen MR) is 184 cm³/mol. The quantitative estimate of drug-likeness (QED) is 0.150. The highest BCUT2D eigenvalue weighted by molar-refractivity contribution is 6.30. The van der Waals surface area contributed by atoms with E-state index < -0.39 is 53.7 Å². The number of ketones is 3. The van der Waals surface area contributed by atoms with E-state index in [-0.39, 0.29) is 49.6 Å². The first-order valence-electron chi connectivity index (χ1n) is 17.1. The molecule has 1 amide bonds. The summed E-state index contributed by atoms with van der Waals surface area (Å²) in [6, 6.07) is 20.6. The number of Topliss-reactive ketones (excluding diaryl/α,β-unsaturated/α-hetero) is 3. The average Bonchev–Trinajstić information content (AvgIpc) is 3.31. The van der Waals surface area contributed by atoms with Crippen molar-refractivity contribution in [2.75, 3.05) is 0 Å². The lowest BCUT2D eigenvalue weighted by molar-refractivity contribution is -0.177. The number of halogens is 4. The molecule has 0 spiro atoms. The van der Waals surface area contributed by atoms with Crippen molar-refractivity contribution in [3.8, 4) is 0 Å². The van der Waals surface area contributed by atoms with Crippen LogP contribution in [0.15, 0.2) is 79.0 Å². The van der Waals surface area contributed by atoms with Crippen LogP contribution >= 0.6 is 11.6 Å². The fraction of sp³-hybridized carbons (Fsp3) is 0.462. The number of ether oxygens (including phenoxy) is 1. The molecule has 268 valence electrons. The summed E-state index contributed by atoms with van der Waals surface area (Å²) in [4.78, 5) is 57.2. The van der Waals surface area contributed by atoms with Gasteiger partial charge < -0.3 is 10.1 Å². The van der Waals surface area contributed by atoms with Crippen LogP contribution < -0.4 is 5.32 Å². The summed E-state index contributed by atoms with van der Waals surface area (Å²) in [6.07, 6.45) is -2.12. The van der Waals surface area contributed by atoms with Crippen molar-refractivity contribution in [2.24, 2.45) is 23.7 Å². The Morgan fingerprint density at radius 2 is 1.60 bits per heavy atom. The van der Waals surface area contributed by atoms with Gasteiger partial charge in [0.1, 0.15) is 11.5 Å². The fourth-order valence-electron chi connectivity index (χ4n) is 6.66. The van der Waals surface area contributed by atoms with Gasteiger partial charge in [-0.3, -0.25) is 24.2 Å². The van der Waals surface area contributed by atoms with Crippen molar-refractivity contribution < 1.29 is 37.1 Å². The highest BCUT2D eigenvalue weighted by Gasteiger charge is 2.44. The molecule has 0 aliphatic heterocycles. The molecule has 50 heavy (non-hydrogen) atoms. The average molecular weight is 713 g/mol. The van der Waals surface area contributed by atoms with Crippen molar-refractivity contribution in [1.82, 2.24) is 10.3 Å². The molecule has 5 atom stereocenters. The Hall–Kier alpha value is -3.89. The largest absolute Gasteiger partial charge is 0.450 e. The van der Waals surface area contributed by atoms with Gasteiger partial charge in [0, 0.05) is 35.4 Å². The normalized spacial score (nSPS) is 19.3. The maximum atomic E-state index is 14.3. The molecule has 3 aromatic rings. The second kappa shape index (κ2) is 18.4. The van der Waals surface area contributed by atoms with Gasteiger partial charge in [0.05, 0.1) is 18.8 Å². The minimum Gasteiger partial charge on any atom is -0.373 e. The van der Waals surface area contributed by atoms with Crippen molar-refractivity contribution in [1.29, 1.82) is 0 Å². The molecule has 7 nitrogen and oxygen atoms in total. The van der Waals surface area contributed by atoms with E-state index in [0.717, 1.165) is 11.1 Å². The van der Waals surface area contributed by atoms with E-state index >= 15 is 0 Å². The molecule has 1 aliphatic carbocycles. The third kappa shape index (κ3) is 11.6. The Kier molecular flexibility index (Phi) is 14.3. The van der Waals surface area contributed by atoms with Crippen LogP contribution in [0.1, 0.15) is 80.4 Å². The standard InChI is InChI=1S/C39H44ClF3N2O5/c1-25(2)32(37(48)39(41,42)43)14-9-16-35(46)28-17-18-29(23-31(22-28)50-24-26-10-4-3-5-11-26)36(47)34(21-27-12-8-13-30(40)20-27)45-38(49)33-15-6-7-19-44-33/h3-8,10-13,15,19-20,25,28-29,31-32,34H,9,14,16-18,21-24H2,1-2H3,(H,45,49)/t28-,29?,31+,32-,34-/m0/s1. The molecule has 0 radical (unpaired) electrons. The molecule has 1 saturated carbocycles. The zero-order valence-corrected chi connectivity index (χ0v) is 29.1. The second-order valence-corrected chi connectivity index (χ2v) is 13.8. The maximum absolute atomic E-state index is 14.3. The number of hydrogen-bond acceptors (Lipinski definition) is 6. The van der Waals surface area contributed by atoms with Gasteiger partial charge in [0.2, 0.25) is 5.78 Å². The second-order valence-electron chi connectivity index (χ2n) is 13.4. The van der Waals surface area contributed by atoms with Gasteiger partial charge in [-0.25, -0.2) is 0 Å². The molecule has 1 fully saturated rings. The van der Waals surface area contributed by atoms with Crippen LogP contribution in [-0.2, 0) is 32.1 Å². The number of nitrogens with one attached hydrogen (secondary N) is 1. The lowest BCUT2D eigenvalue weighted by Crippen LogP contribution is -2.45. The molecule has 1 N–H and O–H groups in total.